The van der Waals surface area contributed by atoms with Crippen LogP contribution < -0.4 is 0 Å². The molecule has 0 unspecified atom stereocenters. The molecule has 0 aliphatic heterocycles. The van der Waals surface area contributed by atoms with Crippen LogP contribution in [-0.4, -0.2) is 13.9 Å². The van der Waals surface area contributed by atoms with E-state index < -0.39 is 37.4 Å². The summed E-state index contributed by atoms with van der Waals surface area (Å²) < 4.78 is 84.0. The number of hydrogen-bond acceptors (Lipinski definition) is 3. The summed E-state index contributed by atoms with van der Waals surface area (Å²) in [7, 11) is -5.95. The maximum atomic E-state index is 13.2. The van der Waals surface area contributed by atoms with Crippen molar-refractivity contribution in [2.45, 2.75) is 10.4 Å². The van der Waals surface area contributed by atoms with E-state index in [1.165, 1.54) is 0 Å². The highest BCUT2D eigenvalue weighted by molar-refractivity contribution is 7.92. The lowest BCUT2D eigenvalue weighted by atomic mass is 10.2. The first-order valence-corrected chi connectivity index (χ1v) is 5.30. The van der Waals surface area contributed by atoms with Crippen molar-refractivity contribution in [2.75, 3.05) is 0 Å². The summed E-state index contributed by atoms with van der Waals surface area (Å²) in [4.78, 5) is -1.78. The molecule has 0 saturated heterocycles. The average Bonchev–Trinajstić information content (AvgIpc) is 2.16. The smallest absolute Gasteiger partial charge is 0.214 e. The SMILES string of the molecule is N#Cc1c(F)ccc(S(=O)(=O)C(F)(F)F)c1F. The Balaban J connectivity index is 3.63. The fraction of sp³-hybridized carbons (Fsp3) is 0.125. The van der Waals surface area contributed by atoms with Crippen LogP contribution in [0.1, 0.15) is 5.56 Å². The van der Waals surface area contributed by atoms with Gasteiger partial charge in [0.2, 0.25) is 0 Å². The van der Waals surface area contributed by atoms with Crippen molar-refractivity contribution in [3.63, 3.8) is 0 Å². The Morgan fingerprint density at radius 2 is 1.71 bits per heavy atom. The van der Waals surface area contributed by atoms with E-state index in [9.17, 15) is 30.4 Å². The lowest BCUT2D eigenvalue weighted by Crippen LogP contribution is -2.24. The van der Waals surface area contributed by atoms with Crippen LogP contribution in [-0.2, 0) is 9.84 Å². The maximum absolute atomic E-state index is 13.2. The van der Waals surface area contributed by atoms with Crippen LogP contribution in [0.5, 0.6) is 0 Å². The molecule has 17 heavy (non-hydrogen) atoms. The Kier molecular flexibility index (Phi) is 3.11. The molecule has 92 valence electrons. The topological polar surface area (TPSA) is 57.9 Å². The number of hydrogen-bond donors (Lipinski definition) is 0. The zero-order valence-electron chi connectivity index (χ0n) is 7.72. The molecule has 0 radical (unpaired) electrons. The second-order valence-corrected chi connectivity index (χ2v) is 4.71. The molecular weight excluding hydrogens is 269 g/mol. The number of sulfone groups is 1. The Hall–Kier alpha value is -1.69. The summed E-state index contributed by atoms with van der Waals surface area (Å²) in [5.74, 6) is -3.49. The molecule has 0 N–H and O–H groups in total. The molecule has 0 bridgehead atoms. The molecule has 0 spiro atoms. The normalized spacial score (nSPS) is 12.2. The highest BCUT2D eigenvalue weighted by Crippen LogP contribution is 2.32. The van der Waals surface area contributed by atoms with Gasteiger partial charge in [-0.25, -0.2) is 17.2 Å². The van der Waals surface area contributed by atoms with Crippen LogP contribution in [0.25, 0.3) is 0 Å². The summed E-state index contributed by atoms with van der Waals surface area (Å²) >= 11 is 0. The van der Waals surface area contributed by atoms with E-state index in [4.69, 9.17) is 5.26 Å². The number of alkyl halides is 3. The Bertz CT molecular complexity index is 600. The van der Waals surface area contributed by atoms with Gasteiger partial charge in [-0.15, -0.1) is 0 Å². The van der Waals surface area contributed by atoms with Crippen molar-refractivity contribution in [3.05, 3.63) is 29.3 Å². The van der Waals surface area contributed by atoms with Crippen molar-refractivity contribution >= 4 is 9.84 Å². The fourth-order valence-electron chi connectivity index (χ4n) is 0.968. The number of rotatable bonds is 1. The van der Waals surface area contributed by atoms with Crippen LogP contribution in [0.2, 0.25) is 0 Å². The number of benzene rings is 1. The van der Waals surface area contributed by atoms with Crippen LogP contribution in [0.4, 0.5) is 22.0 Å². The van der Waals surface area contributed by atoms with Gasteiger partial charge in [0.05, 0.1) is 0 Å². The van der Waals surface area contributed by atoms with Crippen molar-refractivity contribution < 1.29 is 30.4 Å². The van der Waals surface area contributed by atoms with Gasteiger partial charge in [-0.1, -0.05) is 0 Å². The first-order valence-electron chi connectivity index (χ1n) is 3.82. The number of nitriles is 1. The molecule has 0 amide bonds. The monoisotopic (exact) mass is 271 g/mol. The Labute approximate surface area is 92.0 Å². The molecule has 1 aromatic rings. The zero-order chi connectivity index (χ0) is 13.4. The minimum Gasteiger partial charge on any atom is -0.214 e. The minimum atomic E-state index is -5.95. The Morgan fingerprint density at radius 3 is 2.12 bits per heavy atom. The third-order valence-electron chi connectivity index (χ3n) is 1.76. The first-order chi connectivity index (χ1) is 7.63. The second kappa shape index (κ2) is 3.96. The molecule has 0 aliphatic rings. The molecule has 3 nitrogen and oxygen atoms in total. The fourth-order valence-corrected chi connectivity index (χ4v) is 1.80. The standard InChI is InChI=1S/C8H2F5NO2S/c9-5-1-2-6(7(10)4(5)3-14)17(15,16)8(11,12)13/h1-2H. The zero-order valence-corrected chi connectivity index (χ0v) is 8.53. The van der Waals surface area contributed by atoms with Crippen molar-refractivity contribution in [2.24, 2.45) is 0 Å². The van der Waals surface area contributed by atoms with Gasteiger partial charge in [0.1, 0.15) is 22.3 Å². The lowest BCUT2D eigenvalue weighted by Gasteiger charge is -2.09. The van der Waals surface area contributed by atoms with Crippen molar-refractivity contribution in [1.82, 2.24) is 0 Å². The van der Waals surface area contributed by atoms with Gasteiger partial charge in [-0.05, 0) is 12.1 Å². The molecule has 0 atom stereocenters. The van der Waals surface area contributed by atoms with Gasteiger partial charge < -0.3 is 0 Å². The maximum Gasteiger partial charge on any atom is 0.502 e. The van der Waals surface area contributed by atoms with Gasteiger partial charge in [0.15, 0.2) is 5.82 Å². The van der Waals surface area contributed by atoms with Gasteiger partial charge in [-0.2, -0.15) is 18.4 Å². The third-order valence-corrected chi connectivity index (χ3v) is 3.27. The van der Waals surface area contributed by atoms with E-state index >= 15 is 0 Å². The molecule has 9 heteroatoms. The van der Waals surface area contributed by atoms with Gasteiger partial charge in [0.25, 0.3) is 9.84 Å². The number of halogens is 5. The van der Waals surface area contributed by atoms with Crippen molar-refractivity contribution in [3.8, 4) is 6.07 Å². The molecule has 0 heterocycles. The van der Waals surface area contributed by atoms with E-state index in [0.717, 1.165) is 6.07 Å². The summed E-state index contributed by atoms with van der Waals surface area (Å²) in [5, 5.41) is 8.29. The van der Waals surface area contributed by atoms with Gasteiger partial charge >= 0.3 is 5.51 Å². The molecule has 0 aromatic heterocycles. The molecule has 0 saturated carbocycles. The summed E-state index contributed by atoms with van der Waals surface area (Å²) in [6.45, 7) is 0. The molecule has 0 aliphatic carbocycles. The predicted molar refractivity (Wildman–Crippen MR) is 44.3 cm³/mol. The van der Waals surface area contributed by atoms with Gasteiger partial charge in [-0.3, -0.25) is 0 Å². The minimum absolute atomic E-state index is 0.119. The van der Waals surface area contributed by atoms with Gasteiger partial charge in [0, 0.05) is 0 Å². The third kappa shape index (κ3) is 2.08. The van der Waals surface area contributed by atoms with E-state index in [2.05, 4.69) is 0 Å². The van der Waals surface area contributed by atoms with Crippen LogP contribution in [0.3, 0.4) is 0 Å². The molecule has 1 rings (SSSR count). The molecular formula is C8H2F5NO2S. The van der Waals surface area contributed by atoms with Crippen molar-refractivity contribution in [1.29, 1.82) is 5.26 Å². The summed E-state index contributed by atoms with van der Waals surface area (Å²) in [5.41, 5.74) is -7.10. The van der Waals surface area contributed by atoms with E-state index in [1.54, 1.807) is 0 Å². The largest absolute Gasteiger partial charge is 0.502 e. The average molecular weight is 271 g/mol. The van der Waals surface area contributed by atoms with Crippen LogP contribution in [0, 0.1) is 23.0 Å². The molecule has 1 aromatic carbocycles. The second-order valence-electron chi connectivity index (χ2n) is 2.80. The first kappa shape index (κ1) is 13.4. The van der Waals surface area contributed by atoms with E-state index in [-0.39, 0.29) is 12.1 Å². The number of nitrogens with zero attached hydrogens (tertiary/aromatic N) is 1. The summed E-state index contributed by atoms with van der Waals surface area (Å²) in [6, 6.07) is 1.34. The highest BCUT2D eigenvalue weighted by atomic mass is 32.2. The lowest BCUT2D eigenvalue weighted by molar-refractivity contribution is -0.0437. The van der Waals surface area contributed by atoms with Crippen LogP contribution in [0.15, 0.2) is 17.0 Å². The van der Waals surface area contributed by atoms with E-state index in [1.807, 2.05) is 0 Å². The molecule has 0 fully saturated rings. The van der Waals surface area contributed by atoms with E-state index in [0.29, 0.717) is 0 Å². The highest BCUT2D eigenvalue weighted by Gasteiger charge is 2.48. The quantitative estimate of drug-likeness (QED) is 0.580. The van der Waals surface area contributed by atoms with Crippen LogP contribution >= 0.6 is 0 Å². The summed E-state index contributed by atoms with van der Waals surface area (Å²) in [6.07, 6.45) is 0. The predicted octanol–water partition coefficient (Wildman–Crippen LogP) is 2.13. The Morgan fingerprint density at radius 1 is 1.18 bits per heavy atom.